The van der Waals surface area contributed by atoms with Crippen molar-refractivity contribution in [3.8, 4) is 0 Å². The molecule has 1 aliphatic heterocycles. The van der Waals surface area contributed by atoms with Crippen molar-refractivity contribution in [1.82, 2.24) is 29.5 Å². The van der Waals surface area contributed by atoms with Crippen LogP contribution in [0.15, 0.2) is 42.7 Å². The van der Waals surface area contributed by atoms with Gasteiger partial charge in [-0.25, -0.2) is 9.97 Å². The number of carbonyl (C=O) groups excluding carboxylic acids is 2. The molecule has 1 aromatic carbocycles. The molecule has 10 heteroatoms. The first-order valence-electron chi connectivity index (χ1n) is 11.3. The third kappa shape index (κ3) is 4.02. The molecule has 4 heterocycles. The first kappa shape index (κ1) is 21.7. The fraction of sp³-hybridized carbons (Fsp3) is 0.333. The van der Waals surface area contributed by atoms with Crippen molar-refractivity contribution in [3.05, 3.63) is 59.7 Å². The van der Waals surface area contributed by atoms with Gasteiger partial charge in [0, 0.05) is 42.8 Å². The molecular formula is C24H25N7O3. The molecule has 0 bridgehead atoms. The fourth-order valence-electron chi connectivity index (χ4n) is 4.32. The van der Waals surface area contributed by atoms with Gasteiger partial charge in [0.15, 0.2) is 0 Å². The zero-order valence-corrected chi connectivity index (χ0v) is 19.1. The van der Waals surface area contributed by atoms with Crippen LogP contribution < -0.4 is 4.90 Å². The van der Waals surface area contributed by atoms with Crippen molar-refractivity contribution in [3.63, 3.8) is 0 Å². The van der Waals surface area contributed by atoms with Crippen LogP contribution >= 0.6 is 0 Å². The molecule has 1 aliphatic rings. The minimum atomic E-state index is -0.315. The van der Waals surface area contributed by atoms with Gasteiger partial charge in [-0.05, 0) is 26.0 Å². The van der Waals surface area contributed by atoms with Crippen molar-refractivity contribution in [2.45, 2.75) is 20.3 Å². The fourth-order valence-corrected chi connectivity index (χ4v) is 4.32. The smallest absolute Gasteiger partial charge is 0.310 e. The quantitative estimate of drug-likeness (QED) is 0.418. The Morgan fingerprint density at radius 2 is 1.82 bits per heavy atom. The zero-order valence-electron chi connectivity index (χ0n) is 19.1. The summed E-state index contributed by atoms with van der Waals surface area (Å²) >= 11 is 0. The maximum Gasteiger partial charge on any atom is 0.310 e. The second-order valence-corrected chi connectivity index (χ2v) is 8.12. The van der Waals surface area contributed by atoms with Crippen LogP contribution in [0.4, 0.5) is 5.82 Å². The summed E-state index contributed by atoms with van der Waals surface area (Å²) < 4.78 is 6.83. The largest absolute Gasteiger partial charge is 0.466 e. The standard InChI is InChI=1S/C24H25N7O3/c1-3-34-21(32)14-18-16(2)27-24-25-15-26-31(24)22(18)29-10-12-30(13-11-29)23(33)20-9-8-17-6-4-5-7-19(17)28-20/h4-9,15H,3,10-14H2,1-2H3. The van der Waals surface area contributed by atoms with Crippen molar-refractivity contribution in [2.75, 3.05) is 37.7 Å². The number of fused-ring (bicyclic) bond motifs is 2. The van der Waals surface area contributed by atoms with Crippen LogP contribution in [-0.4, -0.2) is 74.1 Å². The Kier molecular flexibility index (Phi) is 5.79. The monoisotopic (exact) mass is 459 g/mol. The molecule has 0 N–H and O–H groups in total. The maximum absolute atomic E-state index is 13.1. The SMILES string of the molecule is CCOC(=O)Cc1c(C)nc2ncnn2c1N1CCN(C(=O)c2ccc3ccccc3n2)CC1. The van der Waals surface area contributed by atoms with Crippen LogP contribution in [-0.2, 0) is 16.0 Å². The Morgan fingerprint density at radius 3 is 2.62 bits per heavy atom. The molecule has 1 fully saturated rings. The van der Waals surface area contributed by atoms with Gasteiger partial charge in [-0.1, -0.05) is 24.3 Å². The summed E-state index contributed by atoms with van der Waals surface area (Å²) in [4.78, 5) is 42.6. The van der Waals surface area contributed by atoms with Crippen LogP contribution in [0, 0.1) is 6.92 Å². The van der Waals surface area contributed by atoms with Gasteiger partial charge in [0.2, 0.25) is 0 Å². The van der Waals surface area contributed by atoms with E-state index in [1.807, 2.05) is 42.2 Å². The van der Waals surface area contributed by atoms with E-state index < -0.39 is 0 Å². The predicted molar refractivity (Wildman–Crippen MR) is 126 cm³/mol. The van der Waals surface area contributed by atoms with Gasteiger partial charge in [-0.15, -0.1) is 0 Å². The number of nitrogens with zero attached hydrogens (tertiary/aromatic N) is 7. The number of aromatic nitrogens is 5. The van der Waals surface area contributed by atoms with Crippen LogP contribution in [0.1, 0.15) is 28.7 Å². The van der Waals surface area contributed by atoms with Crippen molar-refractivity contribution in [1.29, 1.82) is 0 Å². The number of hydrogen-bond acceptors (Lipinski definition) is 8. The number of amides is 1. The van der Waals surface area contributed by atoms with Crippen molar-refractivity contribution >= 4 is 34.4 Å². The number of aryl methyl sites for hydroxylation is 1. The highest BCUT2D eigenvalue weighted by Gasteiger charge is 2.28. The third-order valence-corrected chi connectivity index (χ3v) is 6.02. The normalized spacial score (nSPS) is 14.1. The number of hydrogen-bond donors (Lipinski definition) is 0. The molecule has 0 unspecified atom stereocenters. The first-order valence-corrected chi connectivity index (χ1v) is 11.3. The van der Waals surface area contributed by atoms with Gasteiger partial charge < -0.3 is 14.5 Å². The van der Waals surface area contributed by atoms with Crippen LogP contribution in [0.2, 0.25) is 0 Å². The Bertz CT molecular complexity index is 1380. The first-order chi connectivity index (χ1) is 16.5. The molecule has 0 saturated carbocycles. The van der Waals surface area contributed by atoms with E-state index in [0.717, 1.165) is 22.3 Å². The Balaban J connectivity index is 1.38. The van der Waals surface area contributed by atoms with Crippen molar-refractivity contribution in [2.24, 2.45) is 0 Å². The molecule has 1 amide bonds. The second-order valence-electron chi connectivity index (χ2n) is 8.12. The average molecular weight is 460 g/mol. The van der Waals surface area contributed by atoms with E-state index in [0.29, 0.717) is 50.0 Å². The summed E-state index contributed by atoms with van der Waals surface area (Å²) in [7, 11) is 0. The number of ether oxygens (including phenoxy) is 1. The molecule has 0 aliphatic carbocycles. The molecule has 0 radical (unpaired) electrons. The molecule has 174 valence electrons. The van der Waals surface area contributed by atoms with Gasteiger partial charge >= 0.3 is 5.97 Å². The molecule has 0 atom stereocenters. The highest BCUT2D eigenvalue weighted by Crippen LogP contribution is 2.26. The average Bonchev–Trinajstić information content (AvgIpc) is 3.32. The highest BCUT2D eigenvalue weighted by molar-refractivity contribution is 5.95. The zero-order chi connectivity index (χ0) is 23.7. The number of esters is 1. The number of pyridine rings is 1. The number of benzene rings is 1. The van der Waals surface area contributed by atoms with Gasteiger partial charge in [-0.3, -0.25) is 9.59 Å². The van der Waals surface area contributed by atoms with Gasteiger partial charge in [0.1, 0.15) is 17.8 Å². The minimum absolute atomic E-state index is 0.0889. The van der Waals surface area contributed by atoms with E-state index in [-0.39, 0.29) is 18.3 Å². The minimum Gasteiger partial charge on any atom is -0.466 e. The molecule has 4 aromatic rings. The number of piperazine rings is 1. The van der Waals surface area contributed by atoms with Gasteiger partial charge in [0.25, 0.3) is 11.7 Å². The van der Waals surface area contributed by atoms with E-state index in [1.165, 1.54) is 6.33 Å². The van der Waals surface area contributed by atoms with E-state index in [2.05, 4.69) is 25.0 Å². The van der Waals surface area contributed by atoms with Crippen LogP contribution in [0.3, 0.4) is 0 Å². The Labute approximate surface area is 196 Å². The highest BCUT2D eigenvalue weighted by atomic mass is 16.5. The molecule has 3 aromatic heterocycles. The Morgan fingerprint density at radius 1 is 1.03 bits per heavy atom. The number of para-hydroxylation sites is 1. The lowest BCUT2D eigenvalue weighted by molar-refractivity contribution is -0.142. The van der Waals surface area contributed by atoms with E-state index in [1.54, 1.807) is 17.5 Å². The van der Waals surface area contributed by atoms with Gasteiger partial charge in [-0.2, -0.15) is 14.6 Å². The maximum atomic E-state index is 13.1. The summed E-state index contributed by atoms with van der Waals surface area (Å²) in [6.45, 7) is 6.15. The summed E-state index contributed by atoms with van der Waals surface area (Å²) in [5.41, 5.74) is 2.71. The second kappa shape index (κ2) is 9.05. The predicted octanol–water partition coefficient (Wildman–Crippen LogP) is 2.05. The molecule has 1 saturated heterocycles. The summed E-state index contributed by atoms with van der Waals surface area (Å²) in [5, 5.41) is 5.34. The number of carbonyl (C=O) groups is 2. The number of anilines is 1. The van der Waals surface area contributed by atoms with E-state index in [9.17, 15) is 9.59 Å². The number of rotatable bonds is 5. The van der Waals surface area contributed by atoms with Crippen LogP contribution in [0.25, 0.3) is 16.7 Å². The lowest BCUT2D eigenvalue weighted by Crippen LogP contribution is -2.49. The summed E-state index contributed by atoms with van der Waals surface area (Å²) in [5.74, 6) is 0.834. The van der Waals surface area contributed by atoms with Crippen molar-refractivity contribution < 1.29 is 14.3 Å². The Hall–Kier alpha value is -4.08. The molecule has 34 heavy (non-hydrogen) atoms. The van der Waals surface area contributed by atoms with E-state index >= 15 is 0 Å². The third-order valence-electron chi connectivity index (χ3n) is 6.02. The molecular weight excluding hydrogens is 434 g/mol. The molecule has 0 spiro atoms. The lowest BCUT2D eigenvalue weighted by atomic mass is 10.1. The van der Waals surface area contributed by atoms with Crippen LogP contribution in [0.5, 0.6) is 0 Å². The topological polar surface area (TPSA) is 106 Å². The van der Waals surface area contributed by atoms with E-state index in [4.69, 9.17) is 4.74 Å². The lowest BCUT2D eigenvalue weighted by Gasteiger charge is -2.36. The summed E-state index contributed by atoms with van der Waals surface area (Å²) in [6, 6.07) is 11.5. The molecule has 5 rings (SSSR count). The van der Waals surface area contributed by atoms with Gasteiger partial charge in [0.05, 0.1) is 18.5 Å². The molecule has 10 nitrogen and oxygen atoms in total. The summed E-state index contributed by atoms with van der Waals surface area (Å²) in [6.07, 6.45) is 1.54.